The smallest absolute Gasteiger partial charge is 0.218 e. The fourth-order valence-electron chi connectivity index (χ4n) is 4.79. The zero-order valence-electron chi connectivity index (χ0n) is 24.1. The lowest BCUT2D eigenvalue weighted by molar-refractivity contribution is -0.106. The molecule has 1 fully saturated rings. The summed E-state index contributed by atoms with van der Waals surface area (Å²) in [6, 6.07) is 15.0. The standard InChI is InChI=1S/C31H38ClN5O3/c1-31(2,3)37-16-14-35(15-17-37)24-9-7-8-23(18-24)29-30(39)25(20-28(33-29)40-6)22-10-11-27(26(32)19-22)36(21-38)13-12-34(4)5/h7-13,18-21,39H,14-17H2,1-6H3/b13-12-. The topological polar surface area (TPSA) is 72.4 Å². The third kappa shape index (κ3) is 6.51. The van der Waals surface area contributed by atoms with Gasteiger partial charge >= 0.3 is 0 Å². The summed E-state index contributed by atoms with van der Waals surface area (Å²) < 4.78 is 5.51. The molecular formula is C31H38ClN5O3. The number of aromatic hydroxyl groups is 1. The predicted octanol–water partition coefficient (Wildman–Crippen LogP) is 5.70. The summed E-state index contributed by atoms with van der Waals surface area (Å²) in [5.41, 5.74) is 4.18. The maximum absolute atomic E-state index is 11.7. The van der Waals surface area contributed by atoms with Gasteiger partial charge in [0.25, 0.3) is 0 Å². The average Bonchev–Trinajstić information content (AvgIpc) is 2.93. The Balaban J connectivity index is 1.67. The van der Waals surface area contributed by atoms with Crippen molar-refractivity contribution in [2.45, 2.75) is 26.3 Å². The number of benzene rings is 2. The Morgan fingerprint density at radius 1 is 1.00 bits per heavy atom. The molecule has 3 aromatic rings. The maximum Gasteiger partial charge on any atom is 0.218 e. The third-order valence-corrected chi connectivity index (χ3v) is 7.37. The van der Waals surface area contributed by atoms with Crippen LogP contribution in [0.25, 0.3) is 22.4 Å². The molecule has 2 heterocycles. The fourth-order valence-corrected chi connectivity index (χ4v) is 5.07. The molecule has 0 atom stereocenters. The molecule has 1 amide bonds. The predicted molar refractivity (Wildman–Crippen MR) is 163 cm³/mol. The molecule has 1 N–H and O–H groups in total. The van der Waals surface area contributed by atoms with Gasteiger partial charge in [0.2, 0.25) is 12.3 Å². The van der Waals surface area contributed by atoms with Crippen molar-refractivity contribution in [3.63, 3.8) is 0 Å². The Morgan fingerprint density at radius 3 is 2.33 bits per heavy atom. The van der Waals surface area contributed by atoms with Crippen LogP contribution in [-0.2, 0) is 4.79 Å². The van der Waals surface area contributed by atoms with E-state index in [-0.39, 0.29) is 11.3 Å². The van der Waals surface area contributed by atoms with Crippen molar-refractivity contribution in [3.05, 3.63) is 66.0 Å². The average molecular weight is 564 g/mol. The lowest BCUT2D eigenvalue weighted by atomic mass is 10.0. The van der Waals surface area contributed by atoms with E-state index in [0.717, 1.165) is 37.4 Å². The van der Waals surface area contributed by atoms with E-state index in [2.05, 4.69) is 47.7 Å². The molecule has 0 saturated carbocycles. The SMILES string of the molecule is COc1cc(-c2ccc(N(C=O)/C=C\N(C)C)c(Cl)c2)c(O)c(-c2cccc(N3CCN(C(C)(C)C)CC3)c2)n1. The van der Waals surface area contributed by atoms with Crippen LogP contribution in [0.1, 0.15) is 20.8 Å². The number of carbonyl (C=O) groups is 1. The monoisotopic (exact) mass is 563 g/mol. The molecule has 1 saturated heterocycles. The molecule has 8 nitrogen and oxygen atoms in total. The molecule has 9 heteroatoms. The lowest BCUT2D eigenvalue weighted by Gasteiger charge is -2.43. The van der Waals surface area contributed by atoms with Gasteiger partial charge in [0.1, 0.15) is 11.4 Å². The first-order chi connectivity index (χ1) is 19.0. The number of hydrogen-bond donors (Lipinski definition) is 1. The van der Waals surface area contributed by atoms with Crippen LogP contribution in [-0.4, -0.2) is 79.2 Å². The third-order valence-electron chi connectivity index (χ3n) is 7.07. The molecule has 1 aliphatic rings. The number of anilines is 2. The second-order valence-corrected chi connectivity index (χ2v) is 11.5. The number of hydrogen-bond acceptors (Lipinski definition) is 7. The summed E-state index contributed by atoms with van der Waals surface area (Å²) in [5, 5.41) is 11.8. The van der Waals surface area contributed by atoms with Crippen molar-refractivity contribution in [1.29, 1.82) is 0 Å². The zero-order valence-corrected chi connectivity index (χ0v) is 24.8. The largest absolute Gasteiger partial charge is 0.505 e. The Kier molecular flexibility index (Phi) is 8.91. The van der Waals surface area contributed by atoms with Gasteiger partial charge in [-0.15, -0.1) is 0 Å². The number of ether oxygens (including phenoxy) is 1. The first-order valence-corrected chi connectivity index (χ1v) is 13.7. The number of pyridine rings is 1. The maximum atomic E-state index is 11.7. The van der Waals surface area contributed by atoms with Gasteiger partial charge in [-0.05, 0) is 50.6 Å². The van der Waals surface area contributed by atoms with Crippen LogP contribution in [0.15, 0.2) is 60.9 Å². The Morgan fingerprint density at radius 2 is 1.73 bits per heavy atom. The minimum absolute atomic E-state index is 0.0269. The quantitative estimate of drug-likeness (QED) is 0.352. The molecule has 1 aromatic heterocycles. The summed E-state index contributed by atoms with van der Waals surface area (Å²) in [6.45, 7) is 10.6. The van der Waals surface area contributed by atoms with Crippen molar-refractivity contribution in [2.75, 3.05) is 57.2 Å². The van der Waals surface area contributed by atoms with Crippen molar-refractivity contribution < 1.29 is 14.6 Å². The Hall–Kier alpha value is -3.75. The van der Waals surface area contributed by atoms with Crippen molar-refractivity contribution >= 4 is 29.4 Å². The molecule has 0 radical (unpaired) electrons. The highest BCUT2D eigenvalue weighted by molar-refractivity contribution is 6.34. The van der Waals surface area contributed by atoms with Gasteiger partial charge in [0.15, 0.2) is 0 Å². The number of amides is 1. The first kappa shape index (κ1) is 29.2. The summed E-state index contributed by atoms with van der Waals surface area (Å²) in [5.74, 6) is 0.398. The van der Waals surface area contributed by atoms with E-state index >= 15 is 0 Å². The van der Waals surface area contributed by atoms with Crippen molar-refractivity contribution in [1.82, 2.24) is 14.8 Å². The minimum Gasteiger partial charge on any atom is -0.505 e. The first-order valence-electron chi connectivity index (χ1n) is 13.3. The molecule has 212 valence electrons. The second kappa shape index (κ2) is 12.2. The number of nitrogens with zero attached hydrogens (tertiary/aromatic N) is 5. The lowest BCUT2D eigenvalue weighted by Crippen LogP contribution is -2.53. The number of carbonyl (C=O) groups excluding carboxylic acids is 1. The molecule has 40 heavy (non-hydrogen) atoms. The Bertz CT molecular complexity index is 1380. The fraction of sp³-hybridized carbons (Fsp3) is 0.355. The highest BCUT2D eigenvalue weighted by Crippen LogP contribution is 2.42. The highest BCUT2D eigenvalue weighted by atomic mass is 35.5. The minimum atomic E-state index is 0.0269. The van der Waals surface area contributed by atoms with Gasteiger partial charge in [-0.2, -0.15) is 0 Å². The van der Waals surface area contributed by atoms with Gasteiger partial charge in [0, 0.05) is 81.1 Å². The molecule has 1 aliphatic heterocycles. The van der Waals surface area contributed by atoms with Crippen LogP contribution in [0.4, 0.5) is 11.4 Å². The van der Waals surface area contributed by atoms with Crippen molar-refractivity contribution in [3.8, 4) is 34.0 Å². The summed E-state index contributed by atoms with van der Waals surface area (Å²) in [4.78, 5) is 24.4. The van der Waals surface area contributed by atoms with Crippen LogP contribution in [0.3, 0.4) is 0 Å². The van der Waals surface area contributed by atoms with Crippen LogP contribution >= 0.6 is 11.6 Å². The van der Waals surface area contributed by atoms with Crippen LogP contribution in [0, 0.1) is 0 Å². The molecule has 0 bridgehead atoms. The molecule has 4 rings (SSSR count). The molecule has 0 unspecified atom stereocenters. The normalized spacial score (nSPS) is 14.4. The van der Waals surface area contributed by atoms with Crippen LogP contribution in [0.5, 0.6) is 11.6 Å². The van der Waals surface area contributed by atoms with E-state index in [1.807, 2.05) is 37.2 Å². The number of halogens is 1. The Labute approximate surface area is 242 Å². The zero-order chi connectivity index (χ0) is 29.0. The van der Waals surface area contributed by atoms with E-state index < -0.39 is 0 Å². The van der Waals surface area contributed by atoms with Gasteiger partial charge in [-0.3, -0.25) is 14.6 Å². The highest BCUT2D eigenvalue weighted by Gasteiger charge is 2.26. The summed E-state index contributed by atoms with van der Waals surface area (Å²) >= 11 is 6.61. The molecule has 0 spiro atoms. The van der Waals surface area contributed by atoms with E-state index in [1.54, 1.807) is 37.7 Å². The summed E-state index contributed by atoms with van der Waals surface area (Å²) in [7, 11) is 5.28. The molecular weight excluding hydrogens is 526 g/mol. The van der Waals surface area contributed by atoms with Crippen LogP contribution in [0.2, 0.25) is 5.02 Å². The molecule has 0 aliphatic carbocycles. The van der Waals surface area contributed by atoms with Gasteiger partial charge < -0.3 is 19.6 Å². The number of aromatic nitrogens is 1. The number of rotatable bonds is 8. The van der Waals surface area contributed by atoms with E-state index in [9.17, 15) is 9.90 Å². The van der Waals surface area contributed by atoms with Crippen LogP contribution < -0.4 is 14.5 Å². The van der Waals surface area contributed by atoms with E-state index in [0.29, 0.717) is 39.8 Å². The number of methoxy groups -OCH3 is 1. The van der Waals surface area contributed by atoms with Crippen molar-refractivity contribution in [2.24, 2.45) is 0 Å². The van der Waals surface area contributed by atoms with E-state index in [4.69, 9.17) is 16.3 Å². The second-order valence-electron chi connectivity index (χ2n) is 11.0. The van der Waals surface area contributed by atoms with Gasteiger partial charge in [0.05, 0.1) is 17.8 Å². The van der Waals surface area contributed by atoms with Gasteiger partial charge in [-0.1, -0.05) is 29.8 Å². The van der Waals surface area contributed by atoms with E-state index in [1.165, 1.54) is 4.90 Å². The summed E-state index contributed by atoms with van der Waals surface area (Å²) in [6.07, 6.45) is 4.08. The molecule has 2 aromatic carbocycles. The number of piperazine rings is 1. The van der Waals surface area contributed by atoms with Gasteiger partial charge in [-0.25, -0.2) is 4.98 Å².